The van der Waals surface area contributed by atoms with Gasteiger partial charge in [-0.15, -0.1) is 0 Å². The lowest BCUT2D eigenvalue weighted by molar-refractivity contribution is 0.425. The van der Waals surface area contributed by atoms with Gasteiger partial charge in [0.05, 0.1) is 11.6 Å². The molecule has 0 aliphatic rings. The van der Waals surface area contributed by atoms with E-state index >= 15 is 0 Å². The maximum absolute atomic E-state index is 8.81. The molecule has 1 aromatic rings. The standard InChI is InChI=1S/C7H7BN2O2/c9-4-5-1-2-6(10)3-7(5)8(11)12/h1-3,11-12H,10H2. The lowest BCUT2D eigenvalue weighted by Gasteiger charge is -2.02. The molecule has 0 aliphatic heterocycles. The molecule has 0 saturated heterocycles. The van der Waals surface area contributed by atoms with Gasteiger partial charge in [0.2, 0.25) is 0 Å². The van der Waals surface area contributed by atoms with Crippen LogP contribution in [-0.2, 0) is 0 Å². The minimum atomic E-state index is -1.65. The highest BCUT2D eigenvalue weighted by Gasteiger charge is 2.15. The molecule has 4 N–H and O–H groups in total. The van der Waals surface area contributed by atoms with Gasteiger partial charge in [-0.05, 0) is 18.2 Å². The van der Waals surface area contributed by atoms with Crippen molar-refractivity contribution in [3.05, 3.63) is 23.8 Å². The predicted octanol–water partition coefficient (Wildman–Crippen LogP) is -1.18. The number of anilines is 1. The quantitative estimate of drug-likeness (QED) is 0.358. The van der Waals surface area contributed by atoms with Crippen LogP contribution in [0.25, 0.3) is 0 Å². The largest absolute Gasteiger partial charge is 0.489 e. The van der Waals surface area contributed by atoms with Crippen LogP contribution in [0.5, 0.6) is 0 Å². The van der Waals surface area contributed by atoms with Crippen LogP contribution in [0.1, 0.15) is 5.56 Å². The molecule has 1 aromatic carbocycles. The summed E-state index contributed by atoms with van der Waals surface area (Å²) in [6, 6.07) is 6.17. The minimum Gasteiger partial charge on any atom is -0.423 e. The lowest BCUT2D eigenvalue weighted by Crippen LogP contribution is -2.32. The van der Waals surface area contributed by atoms with Crippen LogP contribution in [0, 0.1) is 11.3 Å². The van der Waals surface area contributed by atoms with Gasteiger partial charge in [-0.3, -0.25) is 0 Å². The third-order valence-corrected chi connectivity index (χ3v) is 1.47. The number of nitrogens with zero attached hydrogens (tertiary/aromatic N) is 1. The number of nitrogens with two attached hydrogens (primary N) is 1. The van der Waals surface area contributed by atoms with E-state index in [1.165, 1.54) is 18.2 Å². The fourth-order valence-electron chi connectivity index (χ4n) is 0.897. The number of benzene rings is 1. The van der Waals surface area contributed by atoms with E-state index in [1.54, 1.807) is 0 Å². The van der Waals surface area contributed by atoms with Crippen molar-refractivity contribution < 1.29 is 10.0 Å². The highest BCUT2D eigenvalue weighted by molar-refractivity contribution is 6.59. The second kappa shape index (κ2) is 3.26. The molecule has 0 unspecified atom stereocenters. The van der Waals surface area contributed by atoms with Crippen LogP contribution >= 0.6 is 0 Å². The van der Waals surface area contributed by atoms with Crippen molar-refractivity contribution in [2.75, 3.05) is 5.73 Å². The Kier molecular flexibility index (Phi) is 2.33. The molecule has 0 heterocycles. The first-order chi connectivity index (χ1) is 5.65. The van der Waals surface area contributed by atoms with Gasteiger partial charge in [0.25, 0.3) is 0 Å². The maximum Gasteiger partial charge on any atom is 0.489 e. The average molecular weight is 162 g/mol. The molecule has 5 heteroatoms. The van der Waals surface area contributed by atoms with E-state index in [9.17, 15) is 0 Å². The Morgan fingerprint density at radius 3 is 2.58 bits per heavy atom. The van der Waals surface area contributed by atoms with Crippen molar-refractivity contribution in [1.29, 1.82) is 5.26 Å². The first-order valence-electron chi connectivity index (χ1n) is 3.31. The first kappa shape index (κ1) is 8.59. The molecule has 0 bridgehead atoms. The Morgan fingerprint density at radius 1 is 1.42 bits per heavy atom. The molecule has 0 radical (unpaired) electrons. The number of hydrogen-bond donors (Lipinski definition) is 3. The van der Waals surface area contributed by atoms with E-state index in [-0.39, 0.29) is 11.0 Å². The Labute approximate surface area is 70.0 Å². The van der Waals surface area contributed by atoms with Crippen molar-refractivity contribution >= 4 is 18.3 Å². The molecule has 1 rings (SSSR count). The molecule has 4 nitrogen and oxygen atoms in total. The van der Waals surface area contributed by atoms with Crippen molar-refractivity contribution in [3.8, 4) is 6.07 Å². The van der Waals surface area contributed by atoms with Crippen molar-refractivity contribution in [2.24, 2.45) is 0 Å². The fourth-order valence-corrected chi connectivity index (χ4v) is 0.897. The summed E-state index contributed by atoms with van der Waals surface area (Å²) in [5.74, 6) is 0. The number of nitriles is 1. The second-order valence-electron chi connectivity index (χ2n) is 2.33. The summed E-state index contributed by atoms with van der Waals surface area (Å²) >= 11 is 0. The summed E-state index contributed by atoms with van der Waals surface area (Å²) in [5.41, 5.74) is 6.15. The van der Waals surface area contributed by atoms with Crippen molar-refractivity contribution in [3.63, 3.8) is 0 Å². The zero-order chi connectivity index (χ0) is 9.14. The van der Waals surface area contributed by atoms with Crippen molar-refractivity contribution in [1.82, 2.24) is 0 Å². The van der Waals surface area contributed by atoms with E-state index in [0.717, 1.165) is 0 Å². The Morgan fingerprint density at radius 2 is 2.08 bits per heavy atom. The van der Waals surface area contributed by atoms with E-state index in [1.807, 2.05) is 6.07 Å². The molecule has 0 atom stereocenters. The van der Waals surface area contributed by atoms with Gasteiger partial charge in [-0.2, -0.15) is 5.26 Å². The van der Waals surface area contributed by atoms with Gasteiger partial charge in [-0.1, -0.05) is 0 Å². The number of rotatable bonds is 1. The minimum absolute atomic E-state index is 0.137. The third kappa shape index (κ3) is 1.56. The normalized spacial score (nSPS) is 9.08. The Hall–Kier alpha value is -1.51. The van der Waals surface area contributed by atoms with Gasteiger partial charge in [0, 0.05) is 11.2 Å². The zero-order valence-corrected chi connectivity index (χ0v) is 6.23. The van der Waals surface area contributed by atoms with E-state index in [0.29, 0.717) is 5.69 Å². The zero-order valence-electron chi connectivity index (χ0n) is 6.23. The molecule has 0 aromatic heterocycles. The summed E-state index contributed by atoms with van der Waals surface area (Å²) in [5, 5.41) is 26.2. The summed E-state index contributed by atoms with van der Waals surface area (Å²) in [7, 11) is -1.65. The fraction of sp³-hybridized carbons (Fsp3) is 0. The maximum atomic E-state index is 8.81. The van der Waals surface area contributed by atoms with Gasteiger partial charge in [0.15, 0.2) is 0 Å². The van der Waals surface area contributed by atoms with E-state index < -0.39 is 7.12 Å². The molecule has 0 spiro atoms. The molecule has 60 valence electrons. The topological polar surface area (TPSA) is 90.3 Å². The highest BCUT2D eigenvalue weighted by Crippen LogP contribution is 2.02. The lowest BCUT2D eigenvalue weighted by atomic mass is 9.77. The smallest absolute Gasteiger partial charge is 0.423 e. The number of hydrogen-bond acceptors (Lipinski definition) is 4. The first-order valence-corrected chi connectivity index (χ1v) is 3.31. The summed E-state index contributed by atoms with van der Waals surface area (Å²) in [6.45, 7) is 0. The summed E-state index contributed by atoms with van der Waals surface area (Å²) in [4.78, 5) is 0. The number of nitrogen functional groups attached to an aromatic ring is 1. The van der Waals surface area contributed by atoms with Crippen LogP contribution in [0.2, 0.25) is 0 Å². The SMILES string of the molecule is N#Cc1ccc(N)cc1B(O)O. The monoisotopic (exact) mass is 162 g/mol. The van der Waals surface area contributed by atoms with E-state index in [2.05, 4.69) is 0 Å². The van der Waals surface area contributed by atoms with Gasteiger partial charge in [-0.25, -0.2) is 0 Å². The third-order valence-electron chi connectivity index (χ3n) is 1.47. The van der Waals surface area contributed by atoms with Crippen molar-refractivity contribution in [2.45, 2.75) is 0 Å². The van der Waals surface area contributed by atoms with Crippen LogP contribution in [0.4, 0.5) is 5.69 Å². The molecule has 0 saturated carbocycles. The molecule has 0 fully saturated rings. The average Bonchev–Trinajstić information content (AvgIpc) is 2.04. The Balaban J connectivity index is 3.24. The molecular weight excluding hydrogens is 155 g/mol. The Bertz CT molecular complexity index is 333. The summed E-state index contributed by atoms with van der Waals surface area (Å²) in [6.07, 6.45) is 0. The van der Waals surface area contributed by atoms with Gasteiger partial charge < -0.3 is 15.8 Å². The van der Waals surface area contributed by atoms with Crippen LogP contribution < -0.4 is 11.2 Å². The molecule has 0 aliphatic carbocycles. The van der Waals surface area contributed by atoms with Crippen LogP contribution in [-0.4, -0.2) is 17.2 Å². The van der Waals surface area contributed by atoms with Gasteiger partial charge in [0.1, 0.15) is 0 Å². The molecular formula is C7H7BN2O2. The van der Waals surface area contributed by atoms with Gasteiger partial charge >= 0.3 is 7.12 Å². The highest BCUT2D eigenvalue weighted by atomic mass is 16.4. The van der Waals surface area contributed by atoms with Crippen LogP contribution in [0.3, 0.4) is 0 Å². The summed E-state index contributed by atoms with van der Waals surface area (Å²) < 4.78 is 0. The molecule has 0 amide bonds. The van der Waals surface area contributed by atoms with Crippen LogP contribution in [0.15, 0.2) is 18.2 Å². The predicted molar refractivity (Wildman–Crippen MR) is 45.4 cm³/mol. The molecule has 12 heavy (non-hydrogen) atoms. The van der Waals surface area contributed by atoms with E-state index in [4.69, 9.17) is 21.0 Å². The second-order valence-corrected chi connectivity index (χ2v) is 2.33.